The van der Waals surface area contributed by atoms with Gasteiger partial charge in [-0.05, 0) is 35.4 Å². The lowest BCUT2D eigenvalue weighted by molar-refractivity contribution is -0.138. The summed E-state index contributed by atoms with van der Waals surface area (Å²) < 4.78 is 76.1. The number of fused-ring (bicyclic) bond motifs is 1. The van der Waals surface area contributed by atoms with E-state index in [9.17, 15) is 26.3 Å². The highest BCUT2D eigenvalue weighted by Gasteiger charge is 2.30. The second-order valence-corrected chi connectivity index (χ2v) is 7.42. The van der Waals surface area contributed by atoms with Crippen LogP contribution in [-0.4, -0.2) is 22.6 Å². The van der Waals surface area contributed by atoms with Crippen molar-refractivity contribution < 1.29 is 26.3 Å². The summed E-state index contributed by atoms with van der Waals surface area (Å²) >= 11 is 0. The zero-order chi connectivity index (χ0) is 25.8. The SMILES string of the molecule is FC(F)(F)c1ccc(/C=N/Nc2nnc(N/N=C/c3ccc(C(F)(F)F)cc3)c3ccccc23)cc1. The van der Waals surface area contributed by atoms with Crippen LogP contribution in [-0.2, 0) is 12.4 Å². The minimum absolute atomic E-state index is 0.297. The van der Waals surface area contributed by atoms with Crippen molar-refractivity contribution >= 4 is 34.8 Å². The summed E-state index contributed by atoms with van der Waals surface area (Å²) in [4.78, 5) is 0. The Morgan fingerprint density at radius 3 is 1.25 bits per heavy atom. The van der Waals surface area contributed by atoms with Crippen molar-refractivity contribution in [3.63, 3.8) is 0 Å². The summed E-state index contributed by atoms with van der Waals surface area (Å²) in [6.07, 6.45) is -6.14. The van der Waals surface area contributed by atoms with Crippen molar-refractivity contribution in [3.05, 3.63) is 95.1 Å². The van der Waals surface area contributed by atoms with E-state index in [2.05, 4.69) is 31.3 Å². The molecule has 0 amide bonds. The second kappa shape index (κ2) is 10.0. The summed E-state index contributed by atoms with van der Waals surface area (Å²) in [6.45, 7) is 0. The molecular formula is C24H16F6N6. The van der Waals surface area contributed by atoms with Crippen LogP contribution in [0.5, 0.6) is 0 Å². The minimum Gasteiger partial charge on any atom is -0.259 e. The molecule has 0 spiro atoms. The third-order valence-electron chi connectivity index (χ3n) is 4.93. The first-order valence-corrected chi connectivity index (χ1v) is 10.3. The standard InChI is InChI=1S/C24H16F6N6/c25-23(26,27)17-9-5-15(6-10-17)13-31-33-21-19-3-1-2-4-20(19)22(36-35-21)34-32-14-16-7-11-18(12-8-16)24(28,29)30/h1-14H,(H,33,35)(H,34,36)/b31-13+,32-14+. The van der Waals surface area contributed by atoms with E-state index in [0.717, 1.165) is 24.3 Å². The monoisotopic (exact) mass is 502 g/mol. The highest BCUT2D eigenvalue weighted by Crippen LogP contribution is 2.30. The van der Waals surface area contributed by atoms with Crippen LogP contribution < -0.4 is 10.9 Å². The normalized spacial score (nSPS) is 12.5. The molecule has 1 aromatic heterocycles. The predicted octanol–water partition coefficient (Wildman–Crippen LogP) is 6.56. The third-order valence-corrected chi connectivity index (χ3v) is 4.93. The summed E-state index contributed by atoms with van der Waals surface area (Å²) in [6, 6.07) is 16.1. The van der Waals surface area contributed by atoms with Crippen LogP contribution in [0.15, 0.2) is 83.0 Å². The fraction of sp³-hybridized carbons (Fsp3) is 0.0833. The van der Waals surface area contributed by atoms with Gasteiger partial charge in [0.1, 0.15) is 0 Å². The largest absolute Gasteiger partial charge is 0.416 e. The molecule has 6 nitrogen and oxygen atoms in total. The number of alkyl halides is 6. The van der Waals surface area contributed by atoms with Crippen LogP contribution in [0.1, 0.15) is 22.3 Å². The van der Waals surface area contributed by atoms with Crippen LogP contribution >= 0.6 is 0 Å². The first kappa shape index (κ1) is 24.6. The summed E-state index contributed by atoms with van der Waals surface area (Å²) in [7, 11) is 0. The molecule has 0 unspecified atom stereocenters. The molecule has 0 fully saturated rings. The van der Waals surface area contributed by atoms with E-state index >= 15 is 0 Å². The molecule has 0 atom stereocenters. The fourth-order valence-electron chi connectivity index (χ4n) is 3.12. The molecule has 1 heterocycles. The van der Waals surface area contributed by atoms with Gasteiger partial charge in [-0.2, -0.15) is 36.5 Å². The van der Waals surface area contributed by atoms with Crippen molar-refractivity contribution in [3.8, 4) is 0 Å². The number of aromatic nitrogens is 2. The molecule has 36 heavy (non-hydrogen) atoms. The smallest absolute Gasteiger partial charge is 0.259 e. The third kappa shape index (κ3) is 5.95. The zero-order valence-corrected chi connectivity index (χ0v) is 18.1. The lowest BCUT2D eigenvalue weighted by atomic mass is 10.1. The number of hydrogen-bond donors (Lipinski definition) is 2. The van der Waals surface area contributed by atoms with Gasteiger partial charge in [0.05, 0.1) is 23.6 Å². The summed E-state index contributed by atoms with van der Waals surface area (Å²) in [5.74, 6) is 0.595. The van der Waals surface area contributed by atoms with Crippen LogP contribution in [0.2, 0.25) is 0 Å². The Morgan fingerprint density at radius 1 is 0.556 bits per heavy atom. The number of nitrogens with zero attached hydrogens (tertiary/aromatic N) is 4. The molecular weight excluding hydrogens is 486 g/mol. The average molecular weight is 502 g/mol. The number of hydrazone groups is 2. The van der Waals surface area contributed by atoms with Gasteiger partial charge in [0.15, 0.2) is 11.6 Å². The van der Waals surface area contributed by atoms with Gasteiger partial charge in [-0.15, -0.1) is 10.2 Å². The molecule has 0 aliphatic carbocycles. The van der Waals surface area contributed by atoms with Crippen LogP contribution in [0, 0.1) is 0 Å². The van der Waals surface area contributed by atoms with E-state index in [0.29, 0.717) is 33.5 Å². The lowest BCUT2D eigenvalue weighted by Gasteiger charge is -2.08. The van der Waals surface area contributed by atoms with Crippen LogP contribution in [0.25, 0.3) is 10.8 Å². The van der Waals surface area contributed by atoms with Crippen molar-refractivity contribution in [2.24, 2.45) is 10.2 Å². The molecule has 184 valence electrons. The first-order valence-electron chi connectivity index (χ1n) is 10.3. The van der Waals surface area contributed by atoms with Gasteiger partial charge in [0, 0.05) is 10.8 Å². The molecule has 0 radical (unpaired) electrons. The second-order valence-electron chi connectivity index (χ2n) is 7.42. The highest BCUT2D eigenvalue weighted by atomic mass is 19.4. The minimum atomic E-state index is -4.42. The van der Waals surface area contributed by atoms with Gasteiger partial charge in [-0.25, -0.2) is 0 Å². The van der Waals surface area contributed by atoms with Gasteiger partial charge < -0.3 is 0 Å². The maximum atomic E-state index is 12.7. The first-order chi connectivity index (χ1) is 17.1. The summed E-state index contributed by atoms with van der Waals surface area (Å²) in [5, 5.41) is 17.4. The number of benzene rings is 3. The Labute approximate surface area is 200 Å². The van der Waals surface area contributed by atoms with Crippen molar-refractivity contribution in [2.75, 3.05) is 10.9 Å². The Morgan fingerprint density at radius 2 is 0.917 bits per heavy atom. The molecule has 4 rings (SSSR count). The number of nitrogens with one attached hydrogen (secondary N) is 2. The predicted molar refractivity (Wildman–Crippen MR) is 125 cm³/mol. The van der Waals surface area contributed by atoms with E-state index < -0.39 is 23.5 Å². The van der Waals surface area contributed by atoms with Gasteiger partial charge in [0.25, 0.3) is 0 Å². The van der Waals surface area contributed by atoms with E-state index in [1.807, 2.05) is 0 Å². The Balaban J connectivity index is 1.47. The van der Waals surface area contributed by atoms with E-state index in [1.54, 1.807) is 24.3 Å². The van der Waals surface area contributed by atoms with Crippen molar-refractivity contribution in [2.45, 2.75) is 12.4 Å². The quantitative estimate of drug-likeness (QED) is 0.178. The molecule has 2 N–H and O–H groups in total. The van der Waals surface area contributed by atoms with Gasteiger partial charge in [-0.3, -0.25) is 10.9 Å². The molecule has 0 bridgehead atoms. The van der Waals surface area contributed by atoms with Crippen LogP contribution in [0.4, 0.5) is 38.0 Å². The number of halogens is 6. The molecule has 0 aliphatic rings. The number of rotatable bonds is 6. The fourth-order valence-corrected chi connectivity index (χ4v) is 3.12. The van der Waals surface area contributed by atoms with Gasteiger partial charge >= 0.3 is 12.4 Å². The maximum absolute atomic E-state index is 12.7. The Bertz CT molecular complexity index is 1290. The maximum Gasteiger partial charge on any atom is 0.416 e. The average Bonchev–Trinajstić information content (AvgIpc) is 2.84. The Hall–Kier alpha value is -4.48. The molecule has 12 heteroatoms. The van der Waals surface area contributed by atoms with E-state index in [4.69, 9.17) is 0 Å². The van der Waals surface area contributed by atoms with Gasteiger partial charge in [0.2, 0.25) is 0 Å². The van der Waals surface area contributed by atoms with E-state index in [-0.39, 0.29) is 0 Å². The van der Waals surface area contributed by atoms with E-state index in [1.165, 1.54) is 36.7 Å². The zero-order valence-electron chi connectivity index (χ0n) is 18.1. The highest BCUT2D eigenvalue weighted by molar-refractivity contribution is 5.98. The number of hydrogen-bond acceptors (Lipinski definition) is 6. The topological polar surface area (TPSA) is 74.6 Å². The summed E-state index contributed by atoms with van der Waals surface area (Å²) in [5.41, 5.74) is 4.83. The Kier molecular flexibility index (Phi) is 6.86. The number of anilines is 2. The van der Waals surface area contributed by atoms with Gasteiger partial charge in [-0.1, -0.05) is 48.5 Å². The molecule has 4 aromatic rings. The molecule has 0 saturated heterocycles. The molecule has 0 aliphatic heterocycles. The lowest BCUT2D eigenvalue weighted by Crippen LogP contribution is -2.04. The van der Waals surface area contributed by atoms with Crippen molar-refractivity contribution in [1.82, 2.24) is 10.2 Å². The van der Waals surface area contributed by atoms with Crippen LogP contribution in [0.3, 0.4) is 0 Å². The molecule has 0 saturated carbocycles. The molecule has 3 aromatic carbocycles. The van der Waals surface area contributed by atoms with Crippen molar-refractivity contribution in [1.29, 1.82) is 0 Å².